The second-order valence-corrected chi connectivity index (χ2v) is 9.59. The maximum Gasteiger partial charge on any atom is 0.242 e. The zero-order valence-corrected chi connectivity index (χ0v) is 16.7. The minimum absolute atomic E-state index is 0.304. The van der Waals surface area contributed by atoms with Crippen LogP contribution in [0.5, 0.6) is 0 Å². The Bertz CT molecular complexity index is 709. The summed E-state index contributed by atoms with van der Waals surface area (Å²) >= 11 is 0. The van der Waals surface area contributed by atoms with Crippen LogP contribution >= 0.6 is 0 Å². The van der Waals surface area contributed by atoms with E-state index in [0.717, 1.165) is 37.6 Å². The molecule has 140 valence electrons. The number of sulfonamides is 1. The highest BCUT2D eigenvalue weighted by molar-refractivity contribution is 7.89. The van der Waals surface area contributed by atoms with Gasteiger partial charge in [0.05, 0.1) is 11.4 Å². The second-order valence-electron chi connectivity index (χ2n) is 7.44. The lowest BCUT2D eigenvalue weighted by atomic mass is 9.93. The van der Waals surface area contributed by atoms with E-state index in [-0.39, 0.29) is 0 Å². The number of likely N-dealkylation sites (tertiary alicyclic amines) is 1. The molecule has 6 nitrogen and oxygen atoms in total. The number of hydrogen-bond donors (Lipinski definition) is 1. The number of aliphatic imine (C=N–C) groups is 1. The summed E-state index contributed by atoms with van der Waals surface area (Å²) < 4.78 is 25.4. The van der Waals surface area contributed by atoms with Crippen LogP contribution in [0.15, 0.2) is 34.2 Å². The Balaban J connectivity index is 2.10. The SMILES string of the molecule is CCNC(=NCc1ccc(S(=O)(=O)N(C)C)cc1)N1CCC(C)(C)C1. The molecule has 0 saturated carbocycles. The quantitative estimate of drug-likeness (QED) is 0.640. The van der Waals surface area contributed by atoms with Gasteiger partial charge >= 0.3 is 0 Å². The molecule has 2 rings (SSSR count). The van der Waals surface area contributed by atoms with E-state index in [1.807, 2.05) is 12.1 Å². The average molecular weight is 367 g/mol. The largest absolute Gasteiger partial charge is 0.357 e. The molecule has 25 heavy (non-hydrogen) atoms. The van der Waals surface area contributed by atoms with Gasteiger partial charge in [-0.3, -0.25) is 0 Å². The molecule has 0 radical (unpaired) electrons. The maximum atomic E-state index is 12.1. The molecule has 1 heterocycles. The Labute approximate surface area is 152 Å². The summed E-state index contributed by atoms with van der Waals surface area (Å²) in [6.45, 7) is 9.99. The van der Waals surface area contributed by atoms with Gasteiger partial charge < -0.3 is 10.2 Å². The van der Waals surface area contributed by atoms with Crippen molar-refractivity contribution in [3.8, 4) is 0 Å². The second kappa shape index (κ2) is 7.74. The average Bonchev–Trinajstić information content (AvgIpc) is 2.91. The lowest BCUT2D eigenvalue weighted by Crippen LogP contribution is -2.40. The third kappa shape index (κ3) is 4.95. The lowest BCUT2D eigenvalue weighted by Gasteiger charge is -2.23. The topological polar surface area (TPSA) is 65.0 Å². The van der Waals surface area contributed by atoms with E-state index in [2.05, 4.69) is 31.0 Å². The molecular formula is C18H30N4O2S. The van der Waals surface area contributed by atoms with Crippen LogP contribution in [0, 0.1) is 5.41 Å². The highest BCUT2D eigenvalue weighted by Gasteiger charge is 2.30. The zero-order valence-electron chi connectivity index (χ0n) is 15.9. The number of guanidine groups is 1. The molecule has 0 atom stereocenters. The summed E-state index contributed by atoms with van der Waals surface area (Å²) in [7, 11) is -0.312. The lowest BCUT2D eigenvalue weighted by molar-refractivity contribution is 0.370. The van der Waals surface area contributed by atoms with Crippen LogP contribution in [0.4, 0.5) is 0 Å². The van der Waals surface area contributed by atoms with Crippen molar-refractivity contribution < 1.29 is 8.42 Å². The van der Waals surface area contributed by atoms with Crippen molar-refractivity contribution in [2.75, 3.05) is 33.7 Å². The number of nitrogens with one attached hydrogen (secondary N) is 1. The van der Waals surface area contributed by atoms with E-state index < -0.39 is 10.0 Å². The molecule has 1 N–H and O–H groups in total. The summed E-state index contributed by atoms with van der Waals surface area (Å²) in [5.41, 5.74) is 1.31. The Kier molecular flexibility index (Phi) is 6.11. The van der Waals surface area contributed by atoms with Crippen LogP contribution in [0.3, 0.4) is 0 Å². The van der Waals surface area contributed by atoms with Gasteiger partial charge in [0.1, 0.15) is 0 Å². The third-order valence-electron chi connectivity index (χ3n) is 4.43. The number of rotatable bonds is 5. The van der Waals surface area contributed by atoms with Crippen LogP contribution in [-0.2, 0) is 16.6 Å². The fourth-order valence-corrected chi connectivity index (χ4v) is 3.76. The van der Waals surface area contributed by atoms with Crippen molar-refractivity contribution >= 4 is 16.0 Å². The minimum Gasteiger partial charge on any atom is -0.357 e. The van der Waals surface area contributed by atoms with E-state index in [4.69, 9.17) is 4.99 Å². The van der Waals surface area contributed by atoms with Crippen molar-refractivity contribution in [3.63, 3.8) is 0 Å². The molecule has 0 aromatic heterocycles. The monoisotopic (exact) mass is 366 g/mol. The van der Waals surface area contributed by atoms with Crippen molar-refractivity contribution in [1.82, 2.24) is 14.5 Å². The standard InChI is InChI=1S/C18H30N4O2S/c1-6-19-17(22-12-11-18(2,3)14-22)20-13-15-7-9-16(10-8-15)25(23,24)21(4)5/h7-10H,6,11-14H2,1-5H3,(H,19,20). The molecule has 7 heteroatoms. The summed E-state index contributed by atoms with van der Waals surface area (Å²) in [5.74, 6) is 0.929. The van der Waals surface area contributed by atoms with Gasteiger partial charge in [0.15, 0.2) is 5.96 Å². The molecule has 1 aliphatic heterocycles. The summed E-state index contributed by atoms with van der Waals surface area (Å²) in [6.07, 6.45) is 1.16. The normalized spacial score (nSPS) is 18.0. The molecular weight excluding hydrogens is 336 g/mol. The van der Waals surface area contributed by atoms with E-state index >= 15 is 0 Å². The summed E-state index contributed by atoms with van der Waals surface area (Å²) in [4.78, 5) is 7.33. The fraction of sp³-hybridized carbons (Fsp3) is 0.611. The Hall–Kier alpha value is -1.60. The molecule has 0 spiro atoms. The van der Waals surface area contributed by atoms with Gasteiger partial charge in [-0.15, -0.1) is 0 Å². The molecule has 0 bridgehead atoms. The van der Waals surface area contributed by atoms with Crippen LogP contribution in [-0.4, -0.2) is 57.3 Å². The van der Waals surface area contributed by atoms with Crippen molar-refractivity contribution in [2.45, 2.75) is 38.6 Å². The Morgan fingerprint density at radius 2 is 1.92 bits per heavy atom. The van der Waals surface area contributed by atoms with Crippen LogP contribution in [0.1, 0.15) is 32.8 Å². The van der Waals surface area contributed by atoms with E-state index in [1.165, 1.54) is 18.4 Å². The van der Waals surface area contributed by atoms with Crippen LogP contribution < -0.4 is 5.32 Å². The Morgan fingerprint density at radius 1 is 1.28 bits per heavy atom. The molecule has 1 saturated heterocycles. The first-order chi connectivity index (χ1) is 11.7. The van der Waals surface area contributed by atoms with Gasteiger partial charge in [-0.1, -0.05) is 26.0 Å². The minimum atomic E-state index is -3.38. The van der Waals surface area contributed by atoms with E-state index in [0.29, 0.717) is 16.9 Å². The van der Waals surface area contributed by atoms with Gasteiger partial charge in [0.25, 0.3) is 0 Å². The Morgan fingerprint density at radius 3 is 2.40 bits per heavy atom. The van der Waals surface area contributed by atoms with Crippen molar-refractivity contribution in [2.24, 2.45) is 10.4 Å². The molecule has 1 aromatic carbocycles. The predicted molar refractivity (Wildman–Crippen MR) is 102 cm³/mol. The maximum absolute atomic E-state index is 12.1. The molecule has 0 amide bonds. The highest BCUT2D eigenvalue weighted by Crippen LogP contribution is 2.28. The highest BCUT2D eigenvalue weighted by atomic mass is 32.2. The first kappa shape index (κ1) is 19.7. The zero-order chi connectivity index (χ0) is 18.7. The van der Waals surface area contributed by atoms with Gasteiger partial charge in [-0.2, -0.15) is 0 Å². The summed E-state index contributed by atoms with van der Waals surface area (Å²) in [6, 6.07) is 6.95. The van der Waals surface area contributed by atoms with Gasteiger partial charge in [-0.25, -0.2) is 17.7 Å². The van der Waals surface area contributed by atoms with Gasteiger partial charge in [-0.05, 0) is 36.5 Å². The fourth-order valence-electron chi connectivity index (χ4n) is 2.86. The number of hydrogen-bond acceptors (Lipinski definition) is 3. The third-order valence-corrected chi connectivity index (χ3v) is 6.25. The first-order valence-corrected chi connectivity index (χ1v) is 10.1. The number of nitrogens with zero attached hydrogens (tertiary/aromatic N) is 3. The van der Waals surface area contributed by atoms with Crippen molar-refractivity contribution in [1.29, 1.82) is 0 Å². The smallest absolute Gasteiger partial charge is 0.242 e. The van der Waals surface area contributed by atoms with E-state index in [1.54, 1.807) is 12.1 Å². The van der Waals surface area contributed by atoms with Crippen LogP contribution in [0.2, 0.25) is 0 Å². The van der Waals surface area contributed by atoms with Gasteiger partial charge in [0.2, 0.25) is 10.0 Å². The first-order valence-electron chi connectivity index (χ1n) is 8.70. The molecule has 0 aliphatic carbocycles. The molecule has 1 aromatic rings. The van der Waals surface area contributed by atoms with Gasteiger partial charge in [0, 0.05) is 33.7 Å². The molecule has 1 fully saturated rings. The van der Waals surface area contributed by atoms with Crippen LogP contribution in [0.25, 0.3) is 0 Å². The molecule has 1 aliphatic rings. The van der Waals surface area contributed by atoms with E-state index in [9.17, 15) is 8.42 Å². The summed E-state index contributed by atoms with van der Waals surface area (Å²) in [5, 5.41) is 3.36. The van der Waals surface area contributed by atoms with Crippen molar-refractivity contribution in [3.05, 3.63) is 29.8 Å². The predicted octanol–water partition coefficient (Wildman–Crippen LogP) is 2.13. The molecule has 0 unspecified atom stereocenters. The number of benzene rings is 1.